The van der Waals surface area contributed by atoms with Crippen LogP contribution in [0.2, 0.25) is 0 Å². The number of anilines is 1. The van der Waals surface area contributed by atoms with Crippen molar-refractivity contribution in [3.8, 4) is 0 Å². The van der Waals surface area contributed by atoms with E-state index in [1.165, 1.54) is 15.9 Å². The van der Waals surface area contributed by atoms with Gasteiger partial charge in [-0.15, -0.1) is 0 Å². The molecule has 0 saturated carbocycles. The highest BCUT2D eigenvalue weighted by atomic mass is 32.2. The number of nitrogens with zero attached hydrogens (tertiary/aromatic N) is 3. The van der Waals surface area contributed by atoms with Gasteiger partial charge in [0.2, 0.25) is 9.99 Å². The molecule has 122 valence electrons. The Bertz CT molecular complexity index is 971. The molecule has 2 aromatic heterocycles. The molecule has 8 heteroatoms. The van der Waals surface area contributed by atoms with Crippen molar-refractivity contribution in [2.75, 3.05) is 4.72 Å². The summed E-state index contributed by atoms with van der Waals surface area (Å²) in [7, 11) is -3.79. The van der Waals surface area contributed by atoms with Crippen LogP contribution in [0.3, 0.4) is 0 Å². The van der Waals surface area contributed by atoms with Gasteiger partial charge in [-0.3, -0.25) is 4.72 Å². The monoisotopic (exact) mass is 350 g/mol. The average Bonchev–Trinajstić information content (AvgIpc) is 2.96. The van der Waals surface area contributed by atoms with Crippen molar-refractivity contribution in [2.24, 2.45) is 0 Å². The fourth-order valence-electron chi connectivity index (χ4n) is 2.35. The fraction of sp³-hybridized carbons (Fsp3) is 0.333. The summed E-state index contributed by atoms with van der Waals surface area (Å²) >= 11 is 1.38. The minimum absolute atomic E-state index is 0.0207. The molecule has 0 fully saturated rings. The molecule has 1 N–H and O–H groups in total. The molecular weight excluding hydrogens is 332 g/mol. The molecular formula is C15H18N4O2S2. The van der Waals surface area contributed by atoms with Crippen LogP contribution in [-0.2, 0) is 10.0 Å². The first-order valence-electron chi connectivity index (χ1n) is 7.24. The largest absolute Gasteiger partial charge is 0.281 e. The molecule has 0 atom stereocenters. The van der Waals surface area contributed by atoms with Crippen molar-refractivity contribution in [1.82, 2.24) is 14.6 Å². The Labute approximate surface area is 139 Å². The summed E-state index contributed by atoms with van der Waals surface area (Å²) in [6.45, 7) is 7.54. The zero-order chi connectivity index (χ0) is 16.8. The van der Waals surface area contributed by atoms with E-state index in [1.54, 1.807) is 12.1 Å². The number of sulfonamides is 1. The standard InChI is InChI=1S/C15H18N4O2S2/c1-9(2)13-14(19-15(16-13)22-11(4)17-19)23(20,21)18-12-8-6-5-7-10(12)3/h5-9,18H,1-4H3. The minimum atomic E-state index is -3.79. The lowest BCUT2D eigenvalue weighted by atomic mass is 10.2. The van der Waals surface area contributed by atoms with Crippen LogP contribution in [0.15, 0.2) is 29.3 Å². The third kappa shape index (κ3) is 2.84. The SMILES string of the molecule is Cc1nn2c(S(=O)(=O)Nc3ccccc3C)c(C(C)C)nc2s1. The number of hydrogen-bond acceptors (Lipinski definition) is 5. The molecule has 23 heavy (non-hydrogen) atoms. The van der Waals surface area contributed by atoms with Crippen LogP contribution < -0.4 is 4.72 Å². The van der Waals surface area contributed by atoms with Gasteiger partial charge in [0.1, 0.15) is 5.01 Å². The molecule has 0 aliphatic heterocycles. The van der Waals surface area contributed by atoms with E-state index >= 15 is 0 Å². The Morgan fingerprint density at radius 1 is 1.22 bits per heavy atom. The van der Waals surface area contributed by atoms with Gasteiger partial charge in [0.25, 0.3) is 10.0 Å². The zero-order valence-electron chi connectivity index (χ0n) is 13.4. The Morgan fingerprint density at radius 3 is 2.57 bits per heavy atom. The van der Waals surface area contributed by atoms with E-state index in [-0.39, 0.29) is 10.9 Å². The number of aryl methyl sites for hydroxylation is 2. The second-order valence-corrected chi connectivity index (χ2v) is 8.45. The van der Waals surface area contributed by atoms with E-state index in [0.717, 1.165) is 10.6 Å². The highest BCUT2D eigenvalue weighted by molar-refractivity contribution is 7.92. The Kier molecular flexibility index (Phi) is 3.89. The smallest absolute Gasteiger partial charge is 0.278 e. The number of rotatable bonds is 4. The molecule has 3 aromatic rings. The number of hydrogen-bond donors (Lipinski definition) is 1. The first-order valence-corrected chi connectivity index (χ1v) is 9.54. The number of benzene rings is 1. The van der Waals surface area contributed by atoms with Gasteiger partial charge < -0.3 is 0 Å². The van der Waals surface area contributed by atoms with Gasteiger partial charge in [0, 0.05) is 0 Å². The molecule has 0 bridgehead atoms. The third-order valence-corrected chi connectivity index (χ3v) is 5.68. The summed E-state index contributed by atoms with van der Waals surface area (Å²) in [5, 5.41) is 5.19. The quantitative estimate of drug-likeness (QED) is 0.783. The van der Waals surface area contributed by atoms with Gasteiger partial charge >= 0.3 is 0 Å². The van der Waals surface area contributed by atoms with Crippen LogP contribution >= 0.6 is 11.3 Å². The number of imidazole rings is 1. The van der Waals surface area contributed by atoms with Gasteiger partial charge in [-0.2, -0.15) is 18.0 Å². The van der Waals surface area contributed by atoms with E-state index in [1.807, 2.05) is 39.8 Å². The van der Waals surface area contributed by atoms with Crippen LogP contribution in [0.4, 0.5) is 5.69 Å². The van der Waals surface area contributed by atoms with Gasteiger partial charge in [0.05, 0.1) is 11.4 Å². The second-order valence-electron chi connectivity index (χ2n) is 5.69. The molecule has 0 saturated heterocycles. The number of fused-ring (bicyclic) bond motifs is 1. The highest BCUT2D eigenvalue weighted by Crippen LogP contribution is 2.29. The first kappa shape index (κ1) is 15.9. The predicted octanol–water partition coefficient (Wildman–Crippen LogP) is 3.33. The van der Waals surface area contributed by atoms with Crippen LogP contribution in [0, 0.1) is 13.8 Å². The maximum Gasteiger partial charge on any atom is 0.281 e. The molecule has 0 amide bonds. The topological polar surface area (TPSA) is 76.4 Å². The van der Waals surface area contributed by atoms with Crippen molar-refractivity contribution in [3.63, 3.8) is 0 Å². The molecule has 6 nitrogen and oxygen atoms in total. The third-order valence-electron chi connectivity index (χ3n) is 3.48. The summed E-state index contributed by atoms with van der Waals surface area (Å²) in [6.07, 6.45) is 0. The minimum Gasteiger partial charge on any atom is -0.278 e. The van der Waals surface area contributed by atoms with Crippen molar-refractivity contribution >= 4 is 32.0 Å². The van der Waals surface area contributed by atoms with Crippen molar-refractivity contribution in [1.29, 1.82) is 0 Å². The number of para-hydroxylation sites is 1. The molecule has 0 unspecified atom stereocenters. The second kappa shape index (κ2) is 5.61. The van der Waals surface area contributed by atoms with Crippen LogP contribution in [-0.4, -0.2) is 23.0 Å². The van der Waals surface area contributed by atoms with E-state index in [9.17, 15) is 8.42 Å². The lowest BCUT2D eigenvalue weighted by molar-refractivity contribution is 0.589. The lowest BCUT2D eigenvalue weighted by Crippen LogP contribution is -2.18. The maximum atomic E-state index is 13.0. The summed E-state index contributed by atoms with van der Waals surface area (Å²) in [6, 6.07) is 7.27. The normalized spacial score (nSPS) is 12.2. The molecule has 3 rings (SSSR count). The fourth-order valence-corrected chi connectivity index (χ4v) is 4.68. The number of nitrogens with one attached hydrogen (secondary N) is 1. The molecule has 0 aliphatic rings. The van der Waals surface area contributed by atoms with Gasteiger partial charge in [-0.05, 0) is 31.4 Å². The van der Waals surface area contributed by atoms with E-state index in [0.29, 0.717) is 16.3 Å². The van der Waals surface area contributed by atoms with Crippen molar-refractivity contribution < 1.29 is 8.42 Å². The lowest BCUT2D eigenvalue weighted by Gasteiger charge is -2.11. The highest BCUT2D eigenvalue weighted by Gasteiger charge is 2.29. The predicted molar refractivity (Wildman–Crippen MR) is 91.7 cm³/mol. The van der Waals surface area contributed by atoms with Crippen molar-refractivity contribution in [3.05, 3.63) is 40.5 Å². The Balaban J connectivity index is 2.17. The molecule has 0 radical (unpaired) electrons. The summed E-state index contributed by atoms with van der Waals surface area (Å²) in [5.41, 5.74) is 1.95. The number of aromatic nitrogens is 3. The molecule has 0 aliphatic carbocycles. The first-order chi connectivity index (χ1) is 10.8. The zero-order valence-corrected chi connectivity index (χ0v) is 15.0. The molecule has 0 spiro atoms. The molecule has 2 heterocycles. The summed E-state index contributed by atoms with van der Waals surface area (Å²) in [4.78, 5) is 5.06. The summed E-state index contributed by atoms with van der Waals surface area (Å²) in [5.74, 6) is -0.0207. The Hall–Kier alpha value is -1.93. The van der Waals surface area contributed by atoms with Crippen molar-refractivity contribution in [2.45, 2.75) is 38.6 Å². The van der Waals surface area contributed by atoms with E-state index in [2.05, 4.69) is 14.8 Å². The Morgan fingerprint density at radius 2 is 1.91 bits per heavy atom. The van der Waals surface area contributed by atoms with Crippen LogP contribution in [0.5, 0.6) is 0 Å². The molecule has 1 aromatic carbocycles. The van der Waals surface area contributed by atoms with E-state index in [4.69, 9.17) is 0 Å². The van der Waals surface area contributed by atoms with Crippen LogP contribution in [0.25, 0.3) is 4.96 Å². The van der Waals surface area contributed by atoms with Gasteiger partial charge in [-0.25, -0.2) is 4.98 Å². The average molecular weight is 350 g/mol. The maximum absolute atomic E-state index is 13.0. The van der Waals surface area contributed by atoms with E-state index < -0.39 is 10.0 Å². The summed E-state index contributed by atoms with van der Waals surface area (Å²) < 4.78 is 30.0. The van der Waals surface area contributed by atoms with Gasteiger partial charge in [0.15, 0.2) is 0 Å². The van der Waals surface area contributed by atoms with Gasteiger partial charge in [-0.1, -0.05) is 43.4 Å². The van der Waals surface area contributed by atoms with Crippen LogP contribution in [0.1, 0.15) is 36.0 Å².